The zero-order chi connectivity index (χ0) is 13.5. The summed E-state index contributed by atoms with van der Waals surface area (Å²) < 4.78 is 22.7. The average Bonchev–Trinajstić information content (AvgIpc) is 2.81. The molecule has 3 saturated heterocycles. The molecule has 5 atom stereocenters. The zero-order valence-corrected chi connectivity index (χ0v) is 11.0. The maximum absolute atomic E-state index is 12.2. The molecule has 0 unspecified atom stereocenters. The number of ether oxygens (including phenoxy) is 4. The van der Waals surface area contributed by atoms with Gasteiger partial charge in [0.15, 0.2) is 11.9 Å². The highest BCUT2D eigenvalue weighted by molar-refractivity contribution is 5.84. The molecule has 4 aliphatic rings. The van der Waals surface area contributed by atoms with E-state index in [1.807, 2.05) is 0 Å². The molecule has 6 nitrogen and oxygen atoms in total. The molecule has 0 aromatic rings. The number of carbonyl (C=O) groups excluding carboxylic acids is 1. The van der Waals surface area contributed by atoms with Gasteiger partial charge in [0.05, 0.1) is 0 Å². The number of hydrogen-bond acceptors (Lipinski definition) is 6. The van der Waals surface area contributed by atoms with Crippen LogP contribution in [0.15, 0.2) is 0 Å². The summed E-state index contributed by atoms with van der Waals surface area (Å²) in [7, 11) is 0. The maximum Gasteiger partial charge on any atom is 0.344 e. The van der Waals surface area contributed by atoms with E-state index in [0.29, 0.717) is 12.8 Å². The third kappa shape index (κ3) is 1.28. The van der Waals surface area contributed by atoms with Gasteiger partial charge in [0.2, 0.25) is 11.9 Å². The maximum atomic E-state index is 12.2. The van der Waals surface area contributed by atoms with Gasteiger partial charge in [0, 0.05) is 0 Å². The minimum absolute atomic E-state index is 0.468. The van der Waals surface area contributed by atoms with Crippen molar-refractivity contribution in [3.63, 3.8) is 0 Å². The van der Waals surface area contributed by atoms with E-state index in [4.69, 9.17) is 18.9 Å². The highest BCUT2D eigenvalue weighted by atomic mass is 16.8. The number of rotatable bonds is 0. The van der Waals surface area contributed by atoms with E-state index in [0.717, 1.165) is 12.8 Å². The standard InChI is InChI=1S/C13H18O6/c1-11(2)17-7-8(18-11)12(15)5-3-4-6-13(12)10(14)16-9(7)19-13/h7-9,15H,3-6H2,1-2H3/t7-,8+,9-,12-,13-/m1/s1. The van der Waals surface area contributed by atoms with Crippen LogP contribution in [0.5, 0.6) is 0 Å². The van der Waals surface area contributed by atoms with Crippen molar-refractivity contribution in [1.29, 1.82) is 0 Å². The van der Waals surface area contributed by atoms with Crippen LogP contribution >= 0.6 is 0 Å². The third-order valence-electron chi connectivity index (χ3n) is 4.77. The highest BCUT2D eigenvalue weighted by Gasteiger charge is 2.76. The van der Waals surface area contributed by atoms with Crippen molar-refractivity contribution in [3.05, 3.63) is 0 Å². The van der Waals surface area contributed by atoms with E-state index in [1.54, 1.807) is 13.8 Å². The van der Waals surface area contributed by atoms with Gasteiger partial charge in [0.25, 0.3) is 0 Å². The number of aliphatic hydroxyl groups is 1. The van der Waals surface area contributed by atoms with Crippen molar-refractivity contribution in [3.8, 4) is 0 Å². The Balaban J connectivity index is 1.83. The van der Waals surface area contributed by atoms with Crippen LogP contribution in [0, 0.1) is 0 Å². The minimum atomic E-state index is -1.35. The predicted octanol–water partition coefficient (Wildman–Crippen LogP) is 0.463. The Morgan fingerprint density at radius 2 is 1.89 bits per heavy atom. The summed E-state index contributed by atoms with van der Waals surface area (Å²) in [5.41, 5.74) is -2.62. The van der Waals surface area contributed by atoms with E-state index >= 15 is 0 Å². The number of carbonyl (C=O) groups is 1. The molecule has 106 valence electrons. The number of fused-ring (bicyclic) bond motifs is 4. The Morgan fingerprint density at radius 1 is 1.16 bits per heavy atom. The van der Waals surface area contributed by atoms with Crippen molar-refractivity contribution in [2.75, 3.05) is 0 Å². The Labute approximate surface area is 111 Å². The van der Waals surface area contributed by atoms with Crippen LogP contribution < -0.4 is 0 Å². The first-order chi connectivity index (χ1) is 8.88. The Kier molecular flexibility index (Phi) is 2.10. The van der Waals surface area contributed by atoms with Crippen molar-refractivity contribution in [1.82, 2.24) is 0 Å². The summed E-state index contributed by atoms with van der Waals surface area (Å²) in [6.45, 7) is 3.58. The van der Waals surface area contributed by atoms with Crippen LogP contribution in [-0.4, -0.2) is 46.6 Å². The number of esters is 1. The van der Waals surface area contributed by atoms with Gasteiger partial charge in [-0.05, 0) is 33.1 Å². The summed E-state index contributed by atoms with van der Waals surface area (Å²) in [6.07, 6.45) is 0.725. The molecule has 0 amide bonds. The van der Waals surface area contributed by atoms with Crippen LogP contribution in [0.1, 0.15) is 39.5 Å². The minimum Gasteiger partial charge on any atom is -0.430 e. The normalized spacial score (nSPS) is 54.5. The van der Waals surface area contributed by atoms with E-state index in [-0.39, 0.29) is 0 Å². The fourth-order valence-corrected chi connectivity index (χ4v) is 3.96. The van der Waals surface area contributed by atoms with Gasteiger partial charge in [-0.25, -0.2) is 4.79 Å². The molecule has 1 N–H and O–H groups in total. The van der Waals surface area contributed by atoms with Crippen molar-refractivity contribution >= 4 is 5.97 Å². The van der Waals surface area contributed by atoms with Crippen molar-refractivity contribution < 1.29 is 28.8 Å². The van der Waals surface area contributed by atoms with Gasteiger partial charge in [-0.3, -0.25) is 0 Å². The van der Waals surface area contributed by atoms with Crippen molar-refractivity contribution in [2.24, 2.45) is 0 Å². The smallest absolute Gasteiger partial charge is 0.344 e. The summed E-state index contributed by atoms with van der Waals surface area (Å²) in [6, 6.07) is 0. The van der Waals surface area contributed by atoms with Crippen LogP contribution in [0.3, 0.4) is 0 Å². The molecule has 1 spiro atoms. The molecule has 19 heavy (non-hydrogen) atoms. The molecular weight excluding hydrogens is 252 g/mol. The van der Waals surface area contributed by atoms with E-state index in [1.165, 1.54) is 0 Å². The second-order valence-electron chi connectivity index (χ2n) is 6.37. The quantitative estimate of drug-likeness (QED) is 0.645. The Hall–Kier alpha value is -0.690. The second-order valence-corrected chi connectivity index (χ2v) is 6.37. The van der Waals surface area contributed by atoms with Crippen LogP contribution in [-0.2, 0) is 23.7 Å². The molecule has 6 heteroatoms. The molecule has 0 aromatic heterocycles. The Morgan fingerprint density at radius 3 is 2.68 bits per heavy atom. The lowest BCUT2D eigenvalue weighted by molar-refractivity contribution is -0.285. The lowest BCUT2D eigenvalue weighted by Gasteiger charge is -2.50. The lowest BCUT2D eigenvalue weighted by atomic mass is 9.66. The molecule has 4 fully saturated rings. The topological polar surface area (TPSA) is 74.2 Å². The molecular formula is C13H18O6. The van der Waals surface area contributed by atoms with Gasteiger partial charge >= 0.3 is 5.97 Å². The van der Waals surface area contributed by atoms with Crippen molar-refractivity contribution in [2.45, 2.75) is 75.0 Å². The van der Waals surface area contributed by atoms with Crippen LogP contribution in [0.4, 0.5) is 0 Å². The SMILES string of the molecule is CC1(C)O[C@H]2[C@@H]3OC(=O)[C@@]4(CCCC[C@@]4(O)[C@H]2O1)O3. The van der Waals surface area contributed by atoms with Gasteiger partial charge in [-0.1, -0.05) is 6.42 Å². The second kappa shape index (κ2) is 3.31. The monoisotopic (exact) mass is 270 g/mol. The molecule has 3 heterocycles. The van der Waals surface area contributed by atoms with Gasteiger partial charge in [-0.15, -0.1) is 0 Å². The first-order valence-corrected chi connectivity index (χ1v) is 6.85. The predicted molar refractivity (Wildman–Crippen MR) is 60.9 cm³/mol. The van der Waals surface area contributed by atoms with E-state index in [9.17, 15) is 9.90 Å². The van der Waals surface area contributed by atoms with Gasteiger partial charge in [-0.2, -0.15) is 0 Å². The molecule has 0 radical (unpaired) electrons. The Bertz CT molecular complexity index is 448. The van der Waals surface area contributed by atoms with E-state index < -0.39 is 41.5 Å². The molecule has 2 bridgehead atoms. The van der Waals surface area contributed by atoms with Gasteiger partial charge < -0.3 is 24.1 Å². The summed E-state index contributed by atoms with van der Waals surface area (Å²) >= 11 is 0. The van der Waals surface area contributed by atoms with E-state index in [2.05, 4.69) is 0 Å². The fraction of sp³-hybridized carbons (Fsp3) is 0.923. The first-order valence-electron chi connectivity index (χ1n) is 6.85. The molecule has 1 saturated carbocycles. The number of hydrogen-bond donors (Lipinski definition) is 1. The van der Waals surface area contributed by atoms with Crippen LogP contribution in [0.25, 0.3) is 0 Å². The zero-order valence-electron chi connectivity index (χ0n) is 11.0. The summed E-state index contributed by atoms with van der Waals surface area (Å²) in [5, 5.41) is 11.1. The molecule has 4 rings (SSSR count). The summed E-state index contributed by atoms with van der Waals surface area (Å²) in [4.78, 5) is 12.2. The molecule has 1 aliphatic carbocycles. The first kappa shape index (κ1) is 12.1. The van der Waals surface area contributed by atoms with Crippen LogP contribution in [0.2, 0.25) is 0 Å². The summed E-state index contributed by atoms with van der Waals surface area (Å²) in [5.74, 6) is -1.27. The molecule has 3 aliphatic heterocycles. The third-order valence-corrected chi connectivity index (χ3v) is 4.77. The fourth-order valence-electron chi connectivity index (χ4n) is 3.96. The van der Waals surface area contributed by atoms with Gasteiger partial charge in [0.1, 0.15) is 11.7 Å². The largest absolute Gasteiger partial charge is 0.430 e. The highest BCUT2D eigenvalue weighted by Crippen LogP contribution is 2.56. The lowest BCUT2D eigenvalue weighted by Crippen LogP contribution is -2.71. The average molecular weight is 270 g/mol. The molecule has 0 aromatic carbocycles.